The number of hydrogen-bond acceptors (Lipinski definition) is 9. The van der Waals surface area contributed by atoms with Crippen molar-refractivity contribution in [3.05, 3.63) is 29.8 Å². The van der Waals surface area contributed by atoms with Gasteiger partial charge in [-0.3, -0.25) is 24.2 Å². The summed E-state index contributed by atoms with van der Waals surface area (Å²) in [7, 11) is 1.97. The fourth-order valence-corrected chi connectivity index (χ4v) is 6.22. The molecule has 2 unspecified atom stereocenters. The minimum atomic E-state index is -4.78. The molecule has 3 N–H and O–H groups in total. The highest BCUT2D eigenvalue weighted by Crippen LogP contribution is 2.38. The number of nitrogens with one attached hydrogen (secondary N) is 3. The number of carbonyl (C=O) groups is 3. The zero-order valence-electron chi connectivity index (χ0n) is 26.6. The third-order valence-corrected chi connectivity index (χ3v) is 9.20. The molecule has 1 aromatic heterocycles. The molecule has 0 aliphatic carbocycles. The van der Waals surface area contributed by atoms with Crippen LogP contribution in [-0.2, 0) is 14.3 Å². The first-order valence-corrected chi connectivity index (χ1v) is 15.8. The summed E-state index contributed by atoms with van der Waals surface area (Å²) < 4.78 is 63.8. The van der Waals surface area contributed by atoms with Crippen LogP contribution in [0.2, 0.25) is 0 Å². The van der Waals surface area contributed by atoms with Crippen LogP contribution in [0.1, 0.15) is 37.2 Å². The molecule has 4 heterocycles. The van der Waals surface area contributed by atoms with Crippen molar-refractivity contribution in [2.45, 2.75) is 44.9 Å². The zero-order chi connectivity index (χ0) is 33.9. The lowest BCUT2D eigenvalue weighted by Crippen LogP contribution is -2.55. The highest BCUT2D eigenvalue weighted by molar-refractivity contribution is 5.98. The van der Waals surface area contributed by atoms with E-state index in [0.29, 0.717) is 39.3 Å². The average Bonchev–Trinajstić information content (AvgIpc) is 3.52. The molecule has 3 amide bonds. The zero-order valence-corrected chi connectivity index (χ0v) is 26.6. The number of rotatable bonds is 9. The van der Waals surface area contributed by atoms with Crippen LogP contribution >= 0.6 is 0 Å². The number of amides is 3. The van der Waals surface area contributed by atoms with Gasteiger partial charge in [0.15, 0.2) is 11.5 Å². The van der Waals surface area contributed by atoms with Crippen molar-refractivity contribution >= 4 is 29.1 Å². The SMILES string of the molecule is C[C@@H]1CN(c2cc(F)c(-n3cc(C(=O)NCCCN4CCOCC4)nn3)cc2NC(=O)C2CNC(=O)CC2C(F)(F)F)C[C@H](C)N1C. The lowest BCUT2D eigenvalue weighted by Gasteiger charge is -2.44. The monoisotopic (exact) mass is 667 g/mol. The summed E-state index contributed by atoms with van der Waals surface area (Å²) >= 11 is 0. The average molecular weight is 668 g/mol. The fourth-order valence-electron chi connectivity index (χ4n) is 6.22. The van der Waals surface area contributed by atoms with Crippen molar-refractivity contribution in [1.29, 1.82) is 0 Å². The van der Waals surface area contributed by atoms with Gasteiger partial charge in [-0.1, -0.05) is 5.21 Å². The van der Waals surface area contributed by atoms with Gasteiger partial charge < -0.3 is 25.6 Å². The van der Waals surface area contributed by atoms with E-state index in [4.69, 9.17) is 4.74 Å². The summed E-state index contributed by atoms with van der Waals surface area (Å²) in [6.45, 7) is 8.65. The van der Waals surface area contributed by atoms with Gasteiger partial charge in [0.25, 0.3) is 5.91 Å². The van der Waals surface area contributed by atoms with Crippen molar-refractivity contribution in [3.63, 3.8) is 0 Å². The van der Waals surface area contributed by atoms with Crippen LogP contribution < -0.4 is 20.9 Å². The Morgan fingerprint density at radius 3 is 2.49 bits per heavy atom. The smallest absolute Gasteiger partial charge is 0.379 e. The number of piperidine rings is 1. The summed E-state index contributed by atoms with van der Waals surface area (Å²) in [5.74, 6) is -6.75. The molecule has 4 atom stereocenters. The Morgan fingerprint density at radius 1 is 1.11 bits per heavy atom. The van der Waals surface area contributed by atoms with Crippen LogP contribution in [0, 0.1) is 17.7 Å². The maximum absolute atomic E-state index is 15.8. The molecular formula is C30H41F4N9O4. The third-order valence-electron chi connectivity index (χ3n) is 9.20. The van der Waals surface area contributed by atoms with Crippen LogP contribution in [0.25, 0.3) is 5.69 Å². The van der Waals surface area contributed by atoms with E-state index in [1.165, 1.54) is 18.3 Å². The number of morpholine rings is 1. The Balaban J connectivity index is 1.37. The molecular weight excluding hydrogens is 626 g/mol. The molecule has 2 aromatic rings. The van der Waals surface area contributed by atoms with Crippen LogP contribution in [0.5, 0.6) is 0 Å². The first-order valence-electron chi connectivity index (χ1n) is 15.8. The van der Waals surface area contributed by atoms with Gasteiger partial charge in [-0.25, -0.2) is 9.07 Å². The quantitative estimate of drug-likeness (QED) is 0.269. The third kappa shape index (κ3) is 8.19. The topological polar surface area (TPSA) is 137 Å². The molecule has 258 valence electrons. The Bertz CT molecular complexity index is 1440. The first-order chi connectivity index (χ1) is 22.3. The van der Waals surface area contributed by atoms with Gasteiger partial charge in [-0.05, 0) is 39.9 Å². The molecule has 13 nitrogen and oxygen atoms in total. The number of likely N-dealkylation sites (N-methyl/N-ethyl adjacent to an activating group) is 1. The van der Waals surface area contributed by atoms with Gasteiger partial charge in [0, 0.05) is 63.8 Å². The predicted molar refractivity (Wildman–Crippen MR) is 164 cm³/mol. The van der Waals surface area contributed by atoms with Crippen LogP contribution in [0.15, 0.2) is 18.3 Å². The second-order valence-corrected chi connectivity index (χ2v) is 12.5. The molecule has 0 spiro atoms. The number of halogens is 4. The number of alkyl halides is 3. The molecule has 3 aliphatic rings. The minimum Gasteiger partial charge on any atom is -0.379 e. The summed E-state index contributed by atoms with van der Waals surface area (Å²) in [6.07, 6.45) is -3.69. The van der Waals surface area contributed by atoms with Gasteiger partial charge >= 0.3 is 6.18 Å². The number of benzene rings is 1. The van der Waals surface area contributed by atoms with Crippen LogP contribution in [0.3, 0.4) is 0 Å². The van der Waals surface area contributed by atoms with Crippen LogP contribution in [-0.4, -0.2) is 127 Å². The Hall–Kier alpha value is -3.83. The lowest BCUT2D eigenvalue weighted by atomic mass is 9.84. The summed E-state index contributed by atoms with van der Waals surface area (Å²) in [5, 5.41) is 15.5. The first kappa shape index (κ1) is 34.5. The highest BCUT2D eigenvalue weighted by Gasteiger charge is 2.50. The summed E-state index contributed by atoms with van der Waals surface area (Å²) in [4.78, 5) is 44.2. The second kappa shape index (κ2) is 14.5. The minimum absolute atomic E-state index is 0.0541. The van der Waals surface area contributed by atoms with Crippen molar-refractivity contribution in [2.75, 3.05) is 76.3 Å². The fraction of sp³-hybridized carbons (Fsp3) is 0.633. The molecule has 17 heteroatoms. The highest BCUT2D eigenvalue weighted by atomic mass is 19.4. The van der Waals surface area contributed by atoms with Crippen molar-refractivity contribution < 1.29 is 36.7 Å². The van der Waals surface area contributed by atoms with Crippen molar-refractivity contribution in [2.24, 2.45) is 11.8 Å². The summed E-state index contributed by atoms with van der Waals surface area (Å²) in [6, 6.07) is 2.59. The Labute approximate surface area is 269 Å². The summed E-state index contributed by atoms with van der Waals surface area (Å²) in [5.41, 5.74) is 0.131. The molecule has 3 saturated heterocycles. The van der Waals surface area contributed by atoms with E-state index >= 15 is 4.39 Å². The largest absolute Gasteiger partial charge is 0.393 e. The molecule has 3 aliphatic heterocycles. The Morgan fingerprint density at radius 2 is 1.81 bits per heavy atom. The van der Waals surface area contributed by atoms with E-state index in [0.717, 1.165) is 24.3 Å². The van der Waals surface area contributed by atoms with E-state index in [1.807, 2.05) is 25.8 Å². The van der Waals surface area contributed by atoms with Gasteiger partial charge in [0.05, 0.1) is 42.6 Å². The number of hydrogen-bond donors (Lipinski definition) is 3. The molecule has 5 rings (SSSR count). The van der Waals surface area contributed by atoms with E-state index in [2.05, 4.69) is 36.1 Å². The molecule has 0 bridgehead atoms. The lowest BCUT2D eigenvalue weighted by molar-refractivity contribution is -0.197. The van der Waals surface area contributed by atoms with Gasteiger partial charge in [-0.15, -0.1) is 5.10 Å². The van der Waals surface area contributed by atoms with E-state index in [1.54, 1.807) is 0 Å². The standard InChI is InChI=1S/C30H41F4N9O4/c1-18-15-42(16-19(2)40(18)3)26-12-22(31)25(13-23(26)37-28(45)20-14-36-27(44)11-21(20)30(32,33)34)43-17-24(38-39-43)29(46)35-5-4-6-41-7-9-47-10-8-41/h12-13,17-21H,4-11,14-16H2,1-3H3,(H,35,46)(H,36,44)(H,37,45)/t18-,19+,20?,21?. The van der Waals surface area contributed by atoms with E-state index in [9.17, 15) is 27.6 Å². The van der Waals surface area contributed by atoms with Crippen molar-refractivity contribution in [3.8, 4) is 5.69 Å². The number of aromatic nitrogens is 3. The van der Waals surface area contributed by atoms with Crippen LogP contribution in [0.4, 0.5) is 28.9 Å². The molecule has 3 fully saturated rings. The van der Waals surface area contributed by atoms with Crippen molar-refractivity contribution in [1.82, 2.24) is 35.4 Å². The second-order valence-electron chi connectivity index (χ2n) is 12.5. The van der Waals surface area contributed by atoms with Gasteiger partial charge in [0.2, 0.25) is 11.8 Å². The normalized spacial score (nSPS) is 24.6. The molecule has 47 heavy (non-hydrogen) atoms. The predicted octanol–water partition coefficient (Wildman–Crippen LogP) is 1.64. The molecule has 1 aromatic carbocycles. The number of piperazine rings is 1. The molecule has 0 radical (unpaired) electrons. The maximum atomic E-state index is 15.8. The van der Waals surface area contributed by atoms with E-state index < -0.39 is 54.5 Å². The Kier molecular flexibility index (Phi) is 10.7. The molecule has 0 saturated carbocycles. The number of anilines is 2. The maximum Gasteiger partial charge on any atom is 0.393 e. The van der Waals surface area contributed by atoms with E-state index in [-0.39, 0.29) is 34.8 Å². The number of ether oxygens (including phenoxy) is 1. The number of carbonyl (C=O) groups excluding carboxylic acids is 3. The van der Waals surface area contributed by atoms with Gasteiger partial charge in [0.1, 0.15) is 5.69 Å². The van der Waals surface area contributed by atoms with Gasteiger partial charge in [-0.2, -0.15) is 13.2 Å². The number of nitrogens with zero attached hydrogens (tertiary/aromatic N) is 6.